The topological polar surface area (TPSA) is 50.2 Å². The fourth-order valence-corrected chi connectivity index (χ4v) is 2.27. The summed E-state index contributed by atoms with van der Waals surface area (Å²) in [4.78, 5) is 7.13. The Labute approximate surface area is 142 Å². The van der Waals surface area contributed by atoms with Crippen LogP contribution in [0.15, 0.2) is 53.6 Å². The van der Waals surface area contributed by atoms with Crippen molar-refractivity contribution >= 4 is 22.9 Å². The molecule has 0 fully saturated rings. The Hall–Kier alpha value is -2.96. The number of anilines is 1. The van der Waals surface area contributed by atoms with Gasteiger partial charge in [-0.15, -0.1) is 0 Å². The number of aromatic nitrogens is 2. The van der Waals surface area contributed by atoms with E-state index in [1.165, 1.54) is 6.07 Å². The molecule has 0 radical (unpaired) electrons. The lowest BCUT2D eigenvalue weighted by atomic mass is 10.1. The van der Waals surface area contributed by atoms with Gasteiger partial charge in [-0.3, -0.25) is 5.43 Å². The van der Waals surface area contributed by atoms with Crippen LogP contribution in [-0.4, -0.2) is 16.2 Å². The van der Waals surface area contributed by atoms with Crippen molar-refractivity contribution in [2.24, 2.45) is 5.10 Å². The Morgan fingerprint density at radius 1 is 1.04 bits per heavy atom. The van der Waals surface area contributed by atoms with Crippen molar-refractivity contribution in [1.82, 2.24) is 9.97 Å². The number of aryl methyl sites for hydroxylation is 1. The number of hydrogen-bond donors (Lipinski definition) is 1. The Balaban J connectivity index is 1.82. The number of nitrogens with one attached hydrogen (secondary N) is 1. The van der Waals surface area contributed by atoms with Crippen LogP contribution in [0.4, 0.5) is 19.0 Å². The van der Waals surface area contributed by atoms with Gasteiger partial charge in [-0.2, -0.15) is 18.3 Å². The molecule has 25 heavy (non-hydrogen) atoms. The summed E-state index contributed by atoms with van der Waals surface area (Å²) >= 11 is 0. The molecular weight excluding hydrogens is 329 g/mol. The van der Waals surface area contributed by atoms with Gasteiger partial charge in [0.1, 0.15) is 0 Å². The van der Waals surface area contributed by atoms with Gasteiger partial charge in [0.2, 0.25) is 5.82 Å². The third-order valence-corrected chi connectivity index (χ3v) is 3.57. The van der Waals surface area contributed by atoms with Gasteiger partial charge in [0.05, 0.1) is 5.52 Å². The van der Waals surface area contributed by atoms with Gasteiger partial charge in [0, 0.05) is 18.0 Å². The fraction of sp³-hybridized carbons (Fsp3) is 0.167. The average Bonchev–Trinajstić information content (AvgIpc) is 2.59. The summed E-state index contributed by atoms with van der Waals surface area (Å²) in [6, 6.07) is 14.4. The molecule has 1 heterocycles. The number of alkyl halides is 3. The smallest absolute Gasteiger partial charge is 0.261 e. The van der Waals surface area contributed by atoms with E-state index >= 15 is 0 Å². The molecule has 3 aromatic rings. The molecule has 0 aliphatic rings. The molecule has 4 nitrogen and oxygen atoms in total. The van der Waals surface area contributed by atoms with Crippen molar-refractivity contribution in [3.8, 4) is 0 Å². The van der Waals surface area contributed by atoms with Crippen LogP contribution in [0.1, 0.15) is 17.0 Å². The number of fused-ring (bicyclic) bond motifs is 1. The third-order valence-electron chi connectivity index (χ3n) is 3.57. The summed E-state index contributed by atoms with van der Waals surface area (Å²) < 4.78 is 38.8. The van der Waals surface area contributed by atoms with Crippen molar-refractivity contribution in [2.45, 2.75) is 19.5 Å². The molecule has 0 spiro atoms. The second-order valence-corrected chi connectivity index (χ2v) is 5.52. The summed E-state index contributed by atoms with van der Waals surface area (Å²) in [5.41, 5.74) is 5.02. The number of nitrogens with zero attached hydrogens (tertiary/aromatic N) is 3. The highest BCUT2D eigenvalue weighted by Crippen LogP contribution is 2.30. The second kappa shape index (κ2) is 6.88. The first-order valence-corrected chi connectivity index (χ1v) is 7.60. The van der Waals surface area contributed by atoms with Crippen LogP contribution in [0.3, 0.4) is 0 Å². The minimum atomic E-state index is -4.62. The minimum Gasteiger partial charge on any atom is -0.261 e. The Morgan fingerprint density at radius 2 is 1.76 bits per heavy atom. The molecular formula is C18H15F3N4. The van der Waals surface area contributed by atoms with E-state index in [4.69, 9.17) is 0 Å². The van der Waals surface area contributed by atoms with Gasteiger partial charge in [-0.25, -0.2) is 9.97 Å². The summed E-state index contributed by atoms with van der Waals surface area (Å²) in [6.07, 6.45) is -2.47. The first kappa shape index (κ1) is 16.9. The Morgan fingerprint density at radius 3 is 2.48 bits per heavy atom. The molecule has 0 aliphatic carbocycles. The van der Waals surface area contributed by atoms with Crippen molar-refractivity contribution in [3.63, 3.8) is 0 Å². The monoisotopic (exact) mass is 344 g/mol. The van der Waals surface area contributed by atoms with E-state index in [0.29, 0.717) is 11.8 Å². The SMILES string of the molecule is Cc1ccc(CC=NNc2nc(C(F)(F)F)nc3ccccc23)cc1. The molecule has 7 heteroatoms. The van der Waals surface area contributed by atoms with Crippen molar-refractivity contribution < 1.29 is 13.2 Å². The maximum atomic E-state index is 12.9. The van der Waals surface area contributed by atoms with E-state index < -0.39 is 12.0 Å². The van der Waals surface area contributed by atoms with Gasteiger partial charge in [0.15, 0.2) is 5.82 Å². The summed E-state index contributed by atoms with van der Waals surface area (Å²) in [5.74, 6) is -1.17. The zero-order chi connectivity index (χ0) is 17.9. The van der Waals surface area contributed by atoms with Crippen LogP contribution < -0.4 is 5.43 Å². The molecule has 0 bridgehead atoms. The molecule has 2 aromatic carbocycles. The standard InChI is InChI=1S/C18H15F3N4/c1-12-6-8-13(9-7-12)10-11-22-25-16-14-4-2-3-5-15(14)23-17(24-16)18(19,20)21/h2-9,11H,10H2,1H3,(H,23,24,25). The molecule has 3 rings (SSSR count). The van der Waals surface area contributed by atoms with E-state index in [9.17, 15) is 13.2 Å². The summed E-state index contributed by atoms with van der Waals surface area (Å²) in [6.45, 7) is 2.00. The van der Waals surface area contributed by atoms with Gasteiger partial charge in [0.25, 0.3) is 0 Å². The van der Waals surface area contributed by atoms with Gasteiger partial charge >= 0.3 is 6.18 Å². The Kier molecular flexibility index (Phi) is 4.65. The minimum absolute atomic E-state index is 0.0260. The number of hydrazone groups is 1. The van der Waals surface area contributed by atoms with Gasteiger partial charge < -0.3 is 0 Å². The first-order valence-electron chi connectivity index (χ1n) is 7.60. The van der Waals surface area contributed by atoms with Crippen LogP contribution >= 0.6 is 0 Å². The lowest BCUT2D eigenvalue weighted by Gasteiger charge is -2.09. The van der Waals surface area contributed by atoms with Gasteiger partial charge in [-0.05, 0) is 24.6 Å². The van der Waals surface area contributed by atoms with Crippen molar-refractivity contribution in [2.75, 3.05) is 5.43 Å². The van der Waals surface area contributed by atoms with Crippen LogP contribution in [0.25, 0.3) is 10.9 Å². The van der Waals surface area contributed by atoms with E-state index in [1.54, 1.807) is 24.4 Å². The zero-order valence-electron chi connectivity index (χ0n) is 13.4. The van der Waals surface area contributed by atoms with Crippen LogP contribution in [0.5, 0.6) is 0 Å². The predicted octanol–water partition coefficient (Wildman–Crippen LogP) is 4.60. The largest absolute Gasteiger partial charge is 0.451 e. The molecule has 0 saturated carbocycles. The highest BCUT2D eigenvalue weighted by atomic mass is 19.4. The van der Waals surface area contributed by atoms with E-state index in [0.717, 1.165) is 11.1 Å². The molecule has 1 aromatic heterocycles. The number of benzene rings is 2. The predicted molar refractivity (Wildman–Crippen MR) is 91.5 cm³/mol. The maximum Gasteiger partial charge on any atom is 0.451 e. The van der Waals surface area contributed by atoms with Crippen molar-refractivity contribution in [3.05, 3.63) is 65.5 Å². The molecule has 0 atom stereocenters. The zero-order valence-corrected chi connectivity index (χ0v) is 13.4. The summed E-state index contributed by atoms with van der Waals surface area (Å²) in [5, 5.41) is 4.47. The van der Waals surface area contributed by atoms with Crippen LogP contribution in [0.2, 0.25) is 0 Å². The quantitative estimate of drug-likeness (QED) is 0.556. The van der Waals surface area contributed by atoms with Gasteiger partial charge in [-0.1, -0.05) is 42.0 Å². The number of rotatable bonds is 4. The maximum absolute atomic E-state index is 12.9. The van der Waals surface area contributed by atoms with E-state index in [2.05, 4.69) is 20.5 Å². The second-order valence-electron chi connectivity index (χ2n) is 5.52. The van der Waals surface area contributed by atoms with E-state index in [1.807, 2.05) is 31.2 Å². The highest BCUT2D eigenvalue weighted by Gasteiger charge is 2.35. The highest BCUT2D eigenvalue weighted by molar-refractivity contribution is 5.89. The lowest BCUT2D eigenvalue weighted by Crippen LogP contribution is -2.12. The summed E-state index contributed by atoms with van der Waals surface area (Å²) in [7, 11) is 0. The van der Waals surface area contributed by atoms with Crippen LogP contribution in [0, 0.1) is 6.92 Å². The molecule has 128 valence electrons. The molecule has 0 aliphatic heterocycles. The number of halogens is 3. The third kappa shape index (κ3) is 4.12. The fourth-order valence-electron chi connectivity index (χ4n) is 2.27. The normalized spacial score (nSPS) is 12.0. The van der Waals surface area contributed by atoms with Crippen molar-refractivity contribution in [1.29, 1.82) is 0 Å². The first-order chi connectivity index (χ1) is 11.9. The molecule has 0 amide bonds. The number of para-hydroxylation sites is 1. The Bertz CT molecular complexity index is 902. The van der Waals surface area contributed by atoms with Crippen LogP contribution in [-0.2, 0) is 12.6 Å². The number of hydrogen-bond acceptors (Lipinski definition) is 4. The van der Waals surface area contributed by atoms with E-state index in [-0.39, 0.29) is 11.3 Å². The lowest BCUT2D eigenvalue weighted by molar-refractivity contribution is -0.144. The average molecular weight is 344 g/mol. The molecule has 0 saturated heterocycles. The molecule has 0 unspecified atom stereocenters. The molecule has 1 N–H and O–H groups in total.